The fraction of sp³-hybridized carbons (Fsp3) is 0.600. The number of amides is 2. The van der Waals surface area contributed by atoms with Crippen molar-refractivity contribution in [2.45, 2.75) is 31.8 Å². The maximum atomic E-state index is 12.0. The van der Waals surface area contributed by atoms with Crippen molar-refractivity contribution >= 4 is 18.1 Å². The second-order valence-electron chi connectivity index (χ2n) is 8.98. The number of carbonyl (C=O) groups excluding carboxylic acids is 2. The highest BCUT2D eigenvalue weighted by Gasteiger charge is 2.33. The monoisotopic (exact) mass is 507 g/mol. The summed E-state index contributed by atoms with van der Waals surface area (Å²) >= 11 is 0. The molecule has 36 heavy (non-hydrogen) atoms. The molecule has 11 heteroatoms. The van der Waals surface area contributed by atoms with E-state index in [0.29, 0.717) is 58.3 Å². The van der Waals surface area contributed by atoms with Crippen LogP contribution in [0.5, 0.6) is 5.75 Å². The summed E-state index contributed by atoms with van der Waals surface area (Å²) in [5, 5.41) is 16.0. The second kappa shape index (κ2) is 14.1. The molecule has 1 aromatic rings. The van der Waals surface area contributed by atoms with Crippen LogP contribution < -0.4 is 15.4 Å². The van der Waals surface area contributed by atoms with Crippen LogP contribution in [0.4, 0.5) is 4.79 Å². The summed E-state index contributed by atoms with van der Waals surface area (Å²) in [5.74, 6) is -0.501. The van der Waals surface area contributed by atoms with Crippen LogP contribution in [0.2, 0.25) is 0 Å². The lowest BCUT2D eigenvalue weighted by Gasteiger charge is -2.27. The van der Waals surface area contributed by atoms with Crippen LogP contribution in [0.1, 0.15) is 19.4 Å². The van der Waals surface area contributed by atoms with Gasteiger partial charge in [-0.05, 0) is 37.6 Å². The zero-order valence-electron chi connectivity index (χ0n) is 20.9. The van der Waals surface area contributed by atoms with Crippen molar-refractivity contribution in [2.75, 3.05) is 65.8 Å². The lowest BCUT2D eigenvalue weighted by Crippen LogP contribution is -2.47. The quantitative estimate of drug-likeness (QED) is 0.213. The smallest absolute Gasteiger partial charge is 0.330 e. The first kappa shape index (κ1) is 27.9. The molecule has 11 nitrogen and oxygen atoms in total. The van der Waals surface area contributed by atoms with Crippen LogP contribution >= 0.6 is 0 Å². The van der Waals surface area contributed by atoms with Gasteiger partial charge >= 0.3 is 12.0 Å². The predicted molar refractivity (Wildman–Crippen MR) is 132 cm³/mol. The summed E-state index contributed by atoms with van der Waals surface area (Å²) in [6.45, 7) is 7.97. The highest BCUT2D eigenvalue weighted by molar-refractivity contribution is 5.87. The van der Waals surface area contributed by atoms with E-state index >= 15 is 0 Å². The van der Waals surface area contributed by atoms with Gasteiger partial charge in [-0.25, -0.2) is 9.59 Å². The van der Waals surface area contributed by atoms with Gasteiger partial charge in [0.2, 0.25) is 0 Å². The average molecular weight is 508 g/mol. The van der Waals surface area contributed by atoms with Crippen LogP contribution in [0.15, 0.2) is 30.3 Å². The van der Waals surface area contributed by atoms with E-state index in [1.165, 1.54) is 6.08 Å². The van der Waals surface area contributed by atoms with E-state index in [0.717, 1.165) is 5.56 Å². The third-order valence-corrected chi connectivity index (χ3v) is 5.47. The summed E-state index contributed by atoms with van der Waals surface area (Å²) in [4.78, 5) is 25.6. The zero-order valence-corrected chi connectivity index (χ0v) is 20.9. The Morgan fingerprint density at radius 2 is 1.97 bits per heavy atom. The van der Waals surface area contributed by atoms with Crippen molar-refractivity contribution in [1.82, 2.24) is 15.5 Å². The van der Waals surface area contributed by atoms with Gasteiger partial charge in [-0.15, -0.1) is 0 Å². The summed E-state index contributed by atoms with van der Waals surface area (Å²) in [7, 11) is 0. The number of morpholine rings is 1. The van der Waals surface area contributed by atoms with Gasteiger partial charge in [0, 0.05) is 38.8 Å². The topological polar surface area (TPSA) is 128 Å². The number of carbonyl (C=O) groups is 2. The number of ether oxygens (including phenoxy) is 5. The van der Waals surface area contributed by atoms with Gasteiger partial charge in [0.15, 0.2) is 5.79 Å². The van der Waals surface area contributed by atoms with E-state index in [2.05, 4.69) is 10.6 Å². The first-order valence-electron chi connectivity index (χ1n) is 12.2. The molecule has 2 atom stereocenters. The Morgan fingerprint density at radius 3 is 2.67 bits per heavy atom. The highest BCUT2D eigenvalue weighted by Crippen LogP contribution is 2.22. The average Bonchev–Trinajstić information content (AvgIpc) is 3.24. The Balaban J connectivity index is 1.25. The van der Waals surface area contributed by atoms with Gasteiger partial charge in [-0.2, -0.15) is 0 Å². The number of rotatable bonds is 12. The molecule has 2 aliphatic rings. The van der Waals surface area contributed by atoms with Gasteiger partial charge in [-0.1, -0.05) is 12.1 Å². The van der Waals surface area contributed by atoms with Crippen LogP contribution in [0.3, 0.4) is 0 Å². The number of esters is 1. The largest absolute Gasteiger partial charge is 0.491 e. The number of benzene rings is 1. The van der Waals surface area contributed by atoms with Gasteiger partial charge in [-0.3, -0.25) is 0 Å². The maximum Gasteiger partial charge on any atom is 0.330 e. The molecular formula is C25H37N3O8. The summed E-state index contributed by atoms with van der Waals surface area (Å²) in [5.41, 5.74) is 0.808. The molecule has 200 valence electrons. The molecular weight excluding hydrogens is 470 g/mol. The van der Waals surface area contributed by atoms with E-state index in [-0.39, 0.29) is 25.3 Å². The minimum Gasteiger partial charge on any atom is -0.491 e. The second-order valence-corrected chi connectivity index (χ2v) is 8.98. The number of nitrogens with one attached hydrogen (secondary N) is 2. The number of hydrogen-bond donors (Lipinski definition) is 3. The van der Waals surface area contributed by atoms with Crippen molar-refractivity contribution < 1.29 is 38.4 Å². The fourth-order valence-corrected chi connectivity index (χ4v) is 3.56. The molecule has 2 aliphatic heterocycles. The fourth-order valence-electron chi connectivity index (χ4n) is 3.56. The number of aliphatic hydroxyl groups is 1. The van der Waals surface area contributed by atoms with Crippen LogP contribution in [0, 0.1) is 0 Å². The molecule has 3 N–H and O–H groups in total. The summed E-state index contributed by atoms with van der Waals surface area (Å²) < 4.78 is 27.1. The Hall–Kier alpha value is -2.70. The molecule has 2 heterocycles. The standard InChI is InChI=1S/C25H37N3O8/c1-25(2)35-18-22(36-25)17-34-23(30)8-5-19-3-6-21(7-4-19)33-16-20(29)15-26-9-10-27-24(31)28-11-13-32-14-12-28/h3-8,20,22,26,29H,9-18H2,1-2H3,(H,27,31)/b8-5+/t20-,22+/m0/s1. The lowest BCUT2D eigenvalue weighted by molar-refractivity contribution is -0.154. The zero-order chi connectivity index (χ0) is 25.8. The normalized spacial score (nSPS) is 20.3. The highest BCUT2D eigenvalue weighted by atomic mass is 16.7. The first-order valence-corrected chi connectivity index (χ1v) is 12.2. The molecule has 1 aromatic carbocycles. The molecule has 0 radical (unpaired) electrons. The van der Waals surface area contributed by atoms with Crippen LogP contribution in [-0.4, -0.2) is 106 Å². The molecule has 0 saturated carbocycles. The first-order chi connectivity index (χ1) is 17.3. The molecule has 0 aromatic heterocycles. The molecule has 0 unspecified atom stereocenters. The Bertz CT molecular complexity index is 855. The molecule has 0 bridgehead atoms. The van der Waals surface area contributed by atoms with Gasteiger partial charge in [0.25, 0.3) is 0 Å². The Kier molecular flexibility index (Phi) is 11.0. The van der Waals surface area contributed by atoms with Crippen molar-refractivity contribution in [3.8, 4) is 5.75 Å². The minimum atomic E-state index is -0.700. The summed E-state index contributed by atoms with van der Waals surface area (Å²) in [6.07, 6.45) is 2.04. The molecule has 3 rings (SSSR count). The van der Waals surface area contributed by atoms with E-state index < -0.39 is 17.9 Å². The predicted octanol–water partition coefficient (Wildman–Crippen LogP) is 0.766. The third kappa shape index (κ3) is 10.1. The number of nitrogens with zero attached hydrogens (tertiary/aromatic N) is 1. The van der Waals surface area contributed by atoms with Crippen molar-refractivity contribution in [1.29, 1.82) is 0 Å². The molecule has 2 amide bonds. The Morgan fingerprint density at radius 1 is 1.22 bits per heavy atom. The van der Waals surface area contributed by atoms with E-state index in [9.17, 15) is 14.7 Å². The van der Waals surface area contributed by atoms with Crippen LogP contribution in [0.25, 0.3) is 6.08 Å². The maximum absolute atomic E-state index is 12.0. The number of aliphatic hydroxyl groups excluding tert-OH is 1. The van der Waals surface area contributed by atoms with Crippen molar-refractivity contribution in [3.63, 3.8) is 0 Å². The van der Waals surface area contributed by atoms with Crippen molar-refractivity contribution in [3.05, 3.63) is 35.9 Å². The molecule has 2 saturated heterocycles. The van der Waals surface area contributed by atoms with Gasteiger partial charge in [0.1, 0.15) is 31.2 Å². The Labute approximate surface area is 211 Å². The van der Waals surface area contributed by atoms with Gasteiger partial charge in [0.05, 0.1) is 19.8 Å². The van der Waals surface area contributed by atoms with Crippen molar-refractivity contribution in [2.24, 2.45) is 0 Å². The van der Waals surface area contributed by atoms with Gasteiger partial charge < -0.3 is 44.3 Å². The van der Waals surface area contributed by atoms with Crippen LogP contribution in [-0.2, 0) is 23.7 Å². The molecule has 0 spiro atoms. The molecule has 2 fully saturated rings. The van der Waals surface area contributed by atoms with E-state index in [1.807, 2.05) is 13.8 Å². The van der Waals surface area contributed by atoms with E-state index in [1.54, 1.807) is 35.2 Å². The molecule has 0 aliphatic carbocycles. The summed E-state index contributed by atoms with van der Waals surface area (Å²) in [6, 6.07) is 7.03. The minimum absolute atomic E-state index is 0.0999. The number of hydrogen-bond acceptors (Lipinski definition) is 9. The SMILES string of the molecule is CC1(C)OC[C@@H](COC(=O)/C=C/c2ccc(OC[C@@H](O)CNCCNC(=O)N3CCOCC3)cc2)O1. The number of urea groups is 1. The van der Waals surface area contributed by atoms with E-state index in [4.69, 9.17) is 23.7 Å². The third-order valence-electron chi connectivity index (χ3n) is 5.47. The lowest BCUT2D eigenvalue weighted by atomic mass is 10.2.